The molecule has 3 atom stereocenters. The molecule has 19 heavy (non-hydrogen) atoms. The molecule has 2 heteroatoms. The van der Waals surface area contributed by atoms with Crippen LogP contribution in [0.3, 0.4) is 0 Å². The quantitative estimate of drug-likeness (QED) is 0.688. The van der Waals surface area contributed by atoms with E-state index in [0.717, 1.165) is 37.5 Å². The molecule has 1 aliphatic carbocycles. The van der Waals surface area contributed by atoms with Crippen molar-refractivity contribution in [2.45, 2.75) is 32.1 Å². The highest BCUT2D eigenvalue weighted by Crippen LogP contribution is 2.52. The predicted molar refractivity (Wildman–Crippen MR) is 80.4 cm³/mol. The van der Waals surface area contributed by atoms with Crippen LogP contribution in [0.5, 0.6) is 0 Å². The second-order valence-corrected chi connectivity index (χ2v) is 5.66. The van der Waals surface area contributed by atoms with Crippen LogP contribution >= 0.6 is 0 Å². The summed E-state index contributed by atoms with van der Waals surface area (Å²) in [5.41, 5.74) is 1.53. The number of ether oxygens (including phenoxy) is 1. The van der Waals surface area contributed by atoms with E-state index in [0.29, 0.717) is 0 Å². The van der Waals surface area contributed by atoms with Gasteiger partial charge in [-0.25, -0.2) is 0 Å². The fourth-order valence-electron chi connectivity index (χ4n) is 3.12. The first-order valence-electron chi connectivity index (χ1n) is 7.61. The van der Waals surface area contributed by atoms with E-state index in [1.54, 1.807) is 7.11 Å². The first-order valence-corrected chi connectivity index (χ1v) is 7.61. The van der Waals surface area contributed by atoms with Gasteiger partial charge in [0.2, 0.25) is 0 Å². The summed E-state index contributed by atoms with van der Waals surface area (Å²) in [6.07, 6.45) is 4.00. The first kappa shape index (κ1) is 14.5. The lowest BCUT2D eigenvalue weighted by molar-refractivity contribution is 0.196. The van der Waals surface area contributed by atoms with E-state index in [-0.39, 0.29) is 0 Å². The molecule has 0 bridgehead atoms. The highest BCUT2D eigenvalue weighted by atomic mass is 16.5. The monoisotopic (exact) mass is 261 g/mol. The molecule has 0 radical (unpaired) electrons. The largest absolute Gasteiger partial charge is 0.383 e. The smallest absolute Gasteiger partial charge is 0.0587 e. The molecule has 1 N–H and O–H groups in total. The van der Waals surface area contributed by atoms with E-state index >= 15 is 0 Å². The van der Waals surface area contributed by atoms with E-state index in [9.17, 15) is 0 Å². The average Bonchev–Trinajstić information content (AvgIpc) is 3.24. The number of hydrogen-bond donors (Lipinski definition) is 1. The lowest BCUT2D eigenvalue weighted by Gasteiger charge is -2.17. The van der Waals surface area contributed by atoms with Gasteiger partial charge in [-0.2, -0.15) is 0 Å². The van der Waals surface area contributed by atoms with Crippen molar-refractivity contribution in [3.8, 4) is 0 Å². The van der Waals surface area contributed by atoms with Crippen molar-refractivity contribution in [1.82, 2.24) is 5.32 Å². The topological polar surface area (TPSA) is 21.3 Å². The van der Waals surface area contributed by atoms with Gasteiger partial charge in [-0.05, 0) is 42.7 Å². The molecule has 106 valence electrons. The predicted octanol–water partition coefficient (Wildman–Crippen LogP) is 3.44. The fraction of sp³-hybridized carbons (Fsp3) is 0.647. The molecule has 1 saturated carbocycles. The van der Waals surface area contributed by atoms with Gasteiger partial charge in [0.15, 0.2) is 0 Å². The van der Waals surface area contributed by atoms with Gasteiger partial charge in [-0.3, -0.25) is 0 Å². The van der Waals surface area contributed by atoms with Gasteiger partial charge in [0, 0.05) is 13.7 Å². The third kappa shape index (κ3) is 4.32. The summed E-state index contributed by atoms with van der Waals surface area (Å²) in [5, 5.41) is 3.54. The maximum Gasteiger partial charge on any atom is 0.0587 e. The molecule has 2 nitrogen and oxygen atoms in total. The van der Waals surface area contributed by atoms with E-state index < -0.39 is 0 Å². The van der Waals surface area contributed by atoms with Crippen LogP contribution < -0.4 is 5.32 Å². The summed E-state index contributed by atoms with van der Waals surface area (Å²) in [4.78, 5) is 0. The molecule has 0 aromatic heterocycles. The SMILES string of the molecule is CCCC(CNCCOC)C1CC1c1ccccc1. The minimum Gasteiger partial charge on any atom is -0.383 e. The third-order valence-electron chi connectivity index (χ3n) is 4.22. The number of benzene rings is 1. The molecule has 1 fully saturated rings. The molecule has 1 aliphatic rings. The summed E-state index contributed by atoms with van der Waals surface area (Å²) in [7, 11) is 1.76. The second-order valence-electron chi connectivity index (χ2n) is 5.66. The van der Waals surface area contributed by atoms with Gasteiger partial charge in [-0.1, -0.05) is 43.7 Å². The molecule has 2 rings (SSSR count). The fourth-order valence-corrected chi connectivity index (χ4v) is 3.12. The van der Waals surface area contributed by atoms with E-state index in [2.05, 4.69) is 42.6 Å². The number of hydrogen-bond acceptors (Lipinski definition) is 2. The first-order chi connectivity index (χ1) is 9.36. The van der Waals surface area contributed by atoms with Crippen LogP contribution in [-0.4, -0.2) is 26.8 Å². The van der Waals surface area contributed by atoms with Crippen LogP contribution in [0.25, 0.3) is 0 Å². The average molecular weight is 261 g/mol. The van der Waals surface area contributed by atoms with Crippen LogP contribution in [0, 0.1) is 11.8 Å². The minimum absolute atomic E-state index is 0.807. The van der Waals surface area contributed by atoms with Gasteiger partial charge in [0.1, 0.15) is 0 Å². The Morgan fingerprint density at radius 1 is 1.32 bits per heavy atom. The Morgan fingerprint density at radius 3 is 2.79 bits per heavy atom. The zero-order valence-electron chi connectivity index (χ0n) is 12.3. The highest BCUT2D eigenvalue weighted by molar-refractivity contribution is 5.26. The van der Waals surface area contributed by atoms with E-state index in [4.69, 9.17) is 4.74 Å². The summed E-state index contributed by atoms with van der Waals surface area (Å²) in [6.45, 7) is 5.22. The van der Waals surface area contributed by atoms with Crippen molar-refractivity contribution in [2.75, 3.05) is 26.8 Å². The highest BCUT2D eigenvalue weighted by Gasteiger charge is 2.42. The second kappa shape index (κ2) is 7.66. The van der Waals surface area contributed by atoms with Gasteiger partial charge < -0.3 is 10.1 Å². The summed E-state index contributed by atoms with van der Waals surface area (Å²) in [5.74, 6) is 2.52. The minimum atomic E-state index is 0.807. The molecule has 0 heterocycles. The molecule has 0 aliphatic heterocycles. The number of nitrogens with one attached hydrogen (secondary N) is 1. The van der Waals surface area contributed by atoms with Crippen LogP contribution in [-0.2, 0) is 4.74 Å². The molecular weight excluding hydrogens is 234 g/mol. The zero-order valence-corrected chi connectivity index (χ0v) is 12.3. The Kier molecular flexibility index (Phi) is 5.87. The van der Waals surface area contributed by atoms with Crippen LogP contribution in [0.4, 0.5) is 0 Å². The van der Waals surface area contributed by atoms with Crippen molar-refractivity contribution in [3.05, 3.63) is 35.9 Å². The van der Waals surface area contributed by atoms with E-state index in [1.807, 2.05) is 0 Å². The molecule has 1 aromatic carbocycles. The molecule has 0 saturated heterocycles. The Bertz CT molecular complexity index is 352. The lowest BCUT2D eigenvalue weighted by Crippen LogP contribution is -2.27. The third-order valence-corrected chi connectivity index (χ3v) is 4.22. The van der Waals surface area contributed by atoms with Crippen LogP contribution in [0.1, 0.15) is 37.7 Å². The van der Waals surface area contributed by atoms with Crippen molar-refractivity contribution in [3.63, 3.8) is 0 Å². The number of methoxy groups -OCH3 is 1. The lowest BCUT2D eigenvalue weighted by atomic mass is 9.94. The van der Waals surface area contributed by atoms with Crippen LogP contribution in [0.15, 0.2) is 30.3 Å². The summed E-state index contributed by atoms with van der Waals surface area (Å²) >= 11 is 0. The number of rotatable bonds is 9. The zero-order chi connectivity index (χ0) is 13.5. The van der Waals surface area contributed by atoms with Gasteiger partial charge in [0.25, 0.3) is 0 Å². The van der Waals surface area contributed by atoms with Gasteiger partial charge in [0.05, 0.1) is 6.61 Å². The Balaban J connectivity index is 1.80. The maximum absolute atomic E-state index is 5.09. The van der Waals surface area contributed by atoms with Crippen molar-refractivity contribution < 1.29 is 4.74 Å². The molecule has 0 amide bonds. The summed E-state index contributed by atoms with van der Waals surface area (Å²) in [6, 6.07) is 11.0. The normalized spacial score (nSPS) is 23.3. The van der Waals surface area contributed by atoms with Crippen molar-refractivity contribution >= 4 is 0 Å². The Morgan fingerprint density at radius 2 is 2.11 bits per heavy atom. The van der Waals surface area contributed by atoms with Gasteiger partial charge >= 0.3 is 0 Å². The Labute approximate surface area is 117 Å². The maximum atomic E-state index is 5.09. The molecule has 1 aromatic rings. The summed E-state index contributed by atoms with van der Waals surface area (Å²) < 4.78 is 5.09. The van der Waals surface area contributed by atoms with Gasteiger partial charge in [-0.15, -0.1) is 0 Å². The molecular formula is C17H27NO. The van der Waals surface area contributed by atoms with Crippen LogP contribution in [0.2, 0.25) is 0 Å². The molecule has 0 spiro atoms. The van der Waals surface area contributed by atoms with Crippen molar-refractivity contribution in [1.29, 1.82) is 0 Å². The Hall–Kier alpha value is -0.860. The molecule has 3 unspecified atom stereocenters. The standard InChI is InChI=1S/C17H27NO/c1-3-7-15(13-18-10-11-19-2)17-12-16(17)14-8-5-4-6-9-14/h4-6,8-9,15-18H,3,7,10-13H2,1-2H3. The van der Waals surface area contributed by atoms with E-state index in [1.165, 1.54) is 24.8 Å². The van der Waals surface area contributed by atoms with Crippen molar-refractivity contribution in [2.24, 2.45) is 11.8 Å².